The largest absolute Gasteiger partial charge is 0.480 e. The number of hydrogen-bond donors (Lipinski definition) is 3. The van der Waals surface area contributed by atoms with Gasteiger partial charge in [0, 0.05) is 19.8 Å². The van der Waals surface area contributed by atoms with Gasteiger partial charge in [0.05, 0.1) is 0 Å². The normalized spacial score (nSPS) is 18.1. The number of urea groups is 1. The maximum absolute atomic E-state index is 11.7. The molecule has 19 heavy (non-hydrogen) atoms. The van der Waals surface area contributed by atoms with Gasteiger partial charge in [0.2, 0.25) is 0 Å². The van der Waals surface area contributed by atoms with Crippen molar-refractivity contribution in [3.63, 3.8) is 0 Å². The molecule has 1 atom stereocenters. The predicted octanol–water partition coefficient (Wildman–Crippen LogP) is 1.21. The minimum Gasteiger partial charge on any atom is -0.480 e. The summed E-state index contributed by atoms with van der Waals surface area (Å²) in [6.07, 6.45) is 2.31. The van der Waals surface area contributed by atoms with Crippen LogP contribution in [-0.2, 0) is 9.53 Å². The Labute approximate surface area is 113 Å². The first-order valence-electron chi connectivity index (χ1n) is 6.84. The van der Waals surface area contributed by atoms with Crippen molar-refractivity contribution >= 4 is 12.0 Å². The highest BCUT2D eigenvalue weighted by molar-refractivity contribution is 5.82. The number of carboxylic acids is 1. The van der Waals surface area contributed by atoms with Crippen LogP contribution >= 0.6 is 0 Å². The van der Waals surface area contributed by atoms with E-state index in [0.717, 1.165) is 26.1 Å². The summed E-state index contributed by atoms with van der Waals surface area (Å²) in [5.74, 6) is -0.348. The number of carboxylic acid groups (broad SMARTS) is 1. The molecule has 0 aromatic carbocycles. The Morgan fingerprint density at radius 1 is 1.32 bits per heavy atom. The highest BCUT2D eigenvalue weighted by Crippen LogP contribution is 2.13. The van der Waals surface area contributed by atoms with Crippen LogP contribution in [0.5, 0.6) is 0 Å². The lowest BCUT2D eigenvalue weighted by Crippen LogP contribution is -2.47. The molecule has 1 aliphatic rings. The van der Waals surface area contributed by atoms with Crippen molar-refractivity contribution in [3.8, 4) is 0 Å². The van der Waals surface area contributed by atoms with Crippen LogP contribution in [0.3, 0.4) is 0 Å². The van der Waals surface area contributed by atoms with Gasteiger partial charge in [-0.2, -0.15) is 0 Å². The Bertz CT molecular complexity index is 301. The molecule has 1 saturated heterocycles. The second kappa shape index (κ2) is 7.99. The number of amides is 2. The van der Waals surface area contributed by atoms with Crippen LogP contribution in [0.15, 0.2) is 0 Å². The molecular weight excluding hydrogens is 248 g/mol. The number of rotatable bonds is 6. The van der Waals surface area contributed by atoms with Crippen LogP contribution in [0, 0.1) is 11.8 Å². The van der Waals surface area contributed by atoms with Gasteiger partial charge < -0.3 is 20.5 Å². The number of ether oxygens (including phenoxy) is 1. The molecule has 0 aromatic rings. The van der Waals surface area contributed by atoms with Gasteiger partial charge in [-0.25, -0.2) is 9.59 Å². The van der Waals surface area contributed by atoms with Crippen LogP contribution in [0.2, 0.25) is 0 Å². The van der Waals surface area contributed by atoms with Crippen molar-refractivity contribution in [3.05, 3.63) is 0 Å². The average Bonchev–Trinajstić information content (AvgIpc) is 2.36. The SMILES string of the molecule is CC(C)CC(NC(=O)NCC1CCOCC1)C(=O)O. The van der Waals surface area contributed by atoms with Crippen LogP contribution in [0.1, 0.15) is 33.1 Å². The zero-order valence-electron chi connectivity index (χ0n) is 11.6. The van der Waals surface area contributed by atoms with Crippen molar-refractivity contribution in [2.24, 2.45) is 11.8 Å². The maximum atomic E-state index is 11.7. The van der Waals surface area contributed by atoms with Crippen molar-refractivity contribution < 1.29 is 19.4 Å². The number of nitrogens with one attached hydrogen (secondary N) is 2. The minimum absolute atomic E-state index is 0.219. The second-order valence-electron chi connectivity index (χ2n) is 5.43. The summed E-state index contributed by atoms with van der Waals surface area (Å²) in [4.78, 5) is 22.7. The molecule has 1 rings (SSSR count). The Morgan fingerprint density at radius 3 is 2.47 bits per heavy atom. The third kappa shape index (κ3) is 6.42. The number of aliphatic carboxylic acids is 1. The van der Waals surface area contributed by atoms with E-state index in [2.05, 4.69) is 10.6 Å². The van der Waals surface area contributed by atoms with Gasteiger partial charge in [0.15, 0.2) is 0 Å². The van der Waals surface area contributed by atoms with E-state index in [-0.39, 0.29) is 5.92 Å². The summed E-state index contributed by atoms with van der Waals surface area (Å²) in [5.41, 5.74) is 0. The Balaban J connectivity index is 2.29. The topological polar surface area (TPSA) is 87.7 Å². The van der Waals surface area contributed by atoms with Crippen molar-refractivity contribution in [1.82, 2.24) is 10.6 Å². The molecule has 110 valence electrons. The van der Waals surface area contributed by atoms with E-state index < -0.39 is 18.0 Å². The van der Waals surface area contributed by atoms with E-state index in [1.807, 2.05) is 13.8 Å². The standard InChI is InChI=1S/C13H24N2O4/c1-9(2)7-11(12(16)17)15-13(18)14-8-10-3-5-19-6-4-10/h9-11H,3-8H2,1-2H3,(H,16,17)(H2,14,15,18). The third-order valence-corrected chi connectivity index (χ3v) is 3.20. The van der Waals surface area contributed by atoms with Crippen LogP contribution < -0.4 is 10.6 Å². The first kappa shape index (κ1) is 15.8. The fourth-order valence-corrected chi connectivity index (χ4v) is 2.09. The monoisotopic (exact) mass is 272 g/mol. The molecule has 1 unspecified atom stereocenters. The lowest BCUT2D eigenvalue weighted by atomic mass is 10.0. The molecule has 0 aliphatic carbocycles. The molecule has 1 fully saturated rings. The van der Waals surface area contributed by atoms with Gasteiger partial charge in [-0.1, -0.05) is 13.8 Å². The molecule has 0 saturated carbocycles. The fraction of sp³-hybridized carbons (Fsp3) is 0.846. The maximum Gasteiger partial charge on any atom is 0.326 e. The third-order valence-electron chi connectivity index (χ3n) is 3.20. The molecule has 6 heteroatoms. The van der Waals surface area contributed by atoms with Gasteiger partial charge in [-0.15, -0.1) is 0 Å². The quantitative estimate of drug-likeness (QED) is 0.678. The summed E-state index contributed by atoms with van der Waals surface area (Å²) >= 11 is 0. The fourth-order valence-electron chi connectivity index (χ4n) is 2.09. The molecule has 0 spiro atoms. The smallest absolute Gasteiger partial charge is 0.326 e. The van der Waals surface area contributed by atoms with Crippen LogP contribution in [0.4, 0.5) is 4.79 Å². The van der Waals surface area contributed by atoms with E-state index in [1.165, 1.54) is 0 Å². The molecule has 0 aromatic heterocycles. The highest BCUT2D eigenvalue weighted by atomic mass is 16.5. The molecule has 0 bridgehead atoms. The first-order valence-corrected chi connectivity index (χ1v) is 6.84. The summed E-state index contributed by atoms with van der Waals surface area (Å²) in [6, 6.07) is -1.23. The minimum atomic E-state index is -0.991. The van der Waals surface area contributed by atoms with E-state index in [4.69, 9.17) is 9.84 Å². The number of carbonyl (C=O) groups excluding carboxylic acids is 1. The number of hydrogen-bond acceptors (Lipinski definition) is 3. The van der Waals surface area contributed by atoms with Crippen LogP contribution in [-0.4, -0.2) is 42.9 Å². The first-order chi connectivity index (χ1) is 8.99. The molecule has 1 heterocycles. The van der Waals surface area contributed by atoms with Crippen molar-refractivity contribution in [2.45, 2.75) is 39.2 Å². The van der Waals surface area contributed by atoms with Gasteiger partial charge in [0.1, 0.15) is 6.04 Å². The molecule has 2 amide bonds. The Kier molecular flexibility index (Phi) is 6.62. The summed E-state index contributed by atoms with van der Waals surface area (Å²) in [6.45, 7) is 5.90. The average molecular weight is 272 g/mol. The zero-order chi connectivity index (χ0) is 14.3. The number of carbonyl (C=O) groups is 2. The van der Waals surface area contributed by atoms with E-state index >= 15 is 0 Å². The molecule has 6 nitrogen and oxygen atoms in total. The summed E-state index contributed by atoms with van der Waals surface area (Å²) in [7, 11) is 0. The van der Waals surface area contributed by atoms with E-state index in [1.54, 1.807) is 0 Å². The van der Waals surface area contributed by atoms with E-state index in [0.29, 0.717) is 18.9 Å². The van der Waals surface area contributed by atoms with Crippen molar-refractivity contribution in [2.75, 3.05) is 19.8 Å². The highest BCUT2D eigenvalue weighted by Gasteiger charge is 2.21. The van der Waals surface area contributed by atoms with Crippen LogP contribution in [0.25, 0.3) is 0 Å². The Morgan fingerprint density at radius 2 is 1.95 bits per heavy atom. The molecular formula is C13H24N2O4. The molecule has 3 N–H and O–H groups in total. The van der Waals surface area contributed by atoms with Gasteiger partial charge in [-0.05, 0) is 31.1 Å². The lowest BCUT2D eigenvalue weighted by Gasteiger charge is -2.23. The van der Waals surface area contributed by atoms with Gasteiger partial charge in [0.25, 0.3) is 0 Å². The van der Waals surface area contributed by atoms with E-state index in [9.17, 15) is 9.59 Å². The van der Waals surface area contributed by atoms with Crippen molar-refractivity contribution in [1.29, 1.82) is 0 Å². The lowest BCUT2D eigenvalue weighted by molar-refractivity contribution is -0.139. The molecule has 0 radical (unpaired) electrons. The molecule has 1 aliphatic heterocycles. The summed E-state index contributed by atoms with van der Waals surface area (Å²) < 4.78 is 5.24. The summed E-state index contributed by atoms with van der Waals surface area (Å²) in [5, 5.41) is 14.3. The Hall–Kier alpha value is -1.30. The predicted molar refractivity (Wildman–Crippen MR) is 71.0 cm³/mol. The zero-order valence-corrected chi connectivity index (χ0v) is 11.6. The van der Waals surface area contributed by atoms with Gasteiger partial charge in [-0.3, -0.25) is 0 Å². The van der Waals surface area contributed by atoms with Gasteiger partial charge >= 0.3 is 12.0 Å². The second-order valence-corrected chi connectivity index (χ2v) is 5.43.